The molecule has 0 unspecified atom stereocenters. The normalized spacial score (nSPS) is 14.8. The lowest BCUT2D eigenvalue weighted by Crippen LogP contribution is -2.56. The number of hydrogen-bond acceptors (Lipinski definition) is 16. The number of ketones is 2. The summed E-state index contributed by atoms with van der Waals surface area (Å²) in [6.45, 7) is 1.09. The Kier molecular flexibility index (Phi) is 20.0. The van der Waals surface area contributed by atoms with Crippen LogP contribution in [0.5, 0.6) is 0 Å². The molecule has 0 fully saturated rings. The van der Waals surface area contributed by atoms with Crippen molar-refractivity contribution in [3.63, 3.8) is 0 Å². The van der Waals surface area contributed by atoms with Crippen molar-refractivity contribution < 1.29 is 19.2 Å². The van der Waals surface area contributed by atoms with Crippen LogP contribution in [-0.2, 0) is 19.2 Å². The van der Waals surface area contributed by atoms with Gasteiger partial charge in [0.25, 0.3) is 0 Å². The molecule has 0 bridgehead atoms. The predicted molar refractivity (Wildman–Crippen MR) is 152 cm³/mol. The van der Waals surface area contributed by atoms with Crippen LogP contribution in [-0.4, -0.2) is 91.8 Å². The number of nitrogens with one attached hydrogen (secondary N) is 5. The van der Waals surface area contributed by atoms with E-state index in [1.54, 1.807) is 0 Å². The van der Waals surface area contributed by atoms with Gasteiger partial charge in [0.05, 0.1) is 18.1 Å². The van der Waals surface area contributed by atoms with E-state index in [1.165, 1.54) is 0 Å². The van der Waals surface area contributed by atoms with Crippen LogP contribution in [0.1, 0.15) is 38.5 Å². The van der Waals surface area contributed by atoms with Crippen LogP contribution >= 0.6 is 12.6 Å². The largest absolute Gasteiger partial charge is 0.344 e. The number of Topliss-reactive ketones (excluding diaryl/α,β-unsaturated/α-hetero) is 2. The standard InChI is InChI=1S/C21H49N13O4S/c22-11(4-1-7-30-19(24)25)15(35)16(36)13(5-2-8-31-20(26)27)33-18(38)14(6-3-9-32-21(28)29)34-17(37)12(23)10-39/h11-14,19-21,30-32,39H,1-10,22-29H2,(H,33,38)(H,34,37)/t11-,12-,13-,14-/m0/s1. The summed E-state index contributed by atoms with van der Waals surface area (Å²) in [5, 5.41) is 13.5. The molecule has 0 aliphatic heterocycles. The zero-order chi connectivity index (χ0) is 30.0. The molecule has 39 heavy (non-hydrogen) atoms. The fourth-order valence-electron chi connectivity index (χ4n) is 3.40. The van der Waals surface area contributed by atoms with Gasteiger partial charge in [0, 0.05) is 5.75 Å². The van der Waals surface area contributed by atoms with E-state index < -0.39 is 66.4 Å². The SMILES string of the molecule is NC(N)NCCC[C@H](NC(=O)[C@@H](N)CS)C(=O)N[C@@H](CCCNC(N)N)C(=O)C(=O)[C@@H](N)CCCNC(N)N. The van der Waals surface area contributed by atoms with E-state index in [9.17, 15) is 19.2 Å². The van der Waals surface area contributed by atoms with Gasteiger partial charge in [-0.15, -0.1) is 0 Å². The van der Waals surface area contributed by atoms with Crippen molar-refractivity contribution >= 4 is 36.0 Å². The minimum Gasteiger partial charge on any atom is -0.344 e. The number of rotatable bonds is 23. The average Bonchev–Trinajstić information content (AvgIpc) is 2.87. The van der Waals surface area contributed by atoms with Crippen molar-refractivity contribution in [3.05, 3.63) is 0 Å². The Bertz CT molecular complexity index is 745. The van der Waals surface area contributed by atoms with Crippen LogP contribution in [0.25, 0.3) is 0 Å². The molecule has 4 atom stereocenters. The van der Waals surface area contributed by atoms with Crippen molar-refractivity contribution in [3.8, 4) is 0 Å². The summed E-state index contributed by atoms with van der Waals surface area (Å²) in [5.74, 6) is -2.90. The smallest absolute Gasteiger partial charge is 0.243 e. The highest BCUT2D eigenvalue weighted by molar-refractivity contribution is 7.80. The number of amides is 2. The average molecular weight is 580 g/mol. The van der Waals surface area contributed by atoms with Gasteiger partial charge in [0.2, 0.25) is 23.4 Å². The second-order valence-corrected chi connectivity index (χ2v) is 9.48. The maximum atomic E-state index is 13.2. The molecule has 0 aliphatic rings. The molecule has 21 N–H and O–H groups in total. The summed E-state index contributed by atoms with van der Waals surface area (Å²) >= 11 is 4.01. The first-order chi connectivity index (χ1) is 18.3. The molecule has 0 heterocycles. The summed E-state index contributed by atoms with van der Waals surface area (Å²) < 4.78 is 0. The monoisotopic (exact) mass is 579 g/mol. The van der Waals surface area contributed by atoms with E-state index in [4.69, 9.17) is 45.9 Å². The molecule has 0 aromatic heterocycles. The van der Waals surface area contributed by atoms with Crippen LogP contribution in [0, 0.1) is 0 Å². The lowest BCUT2D eigenvalue weighted by molar-refractivity contribution is -0.140. The first-order valence-corrected chi connectivity index (χ1v) is 13.5. The highest BCUT2D eigenvalue weighted by Gasteiger charge is 2.32. The molecule has 18 heteroatoms. The van der Waals surface area contributed by atoms with Crippen LogP contribution in [0.3, 0.4) is 0 Å². The molecule has 0 saturated carbocycles. The van der Waals surface area contributed by atoms with E-state index in [0.717, 1.165) is 0 Å². The van der Waals surface area contributed by atoms with Crippen LogP contribution < -0.4 is 72.5 Å². The maximum Gasteiger partial charge on any atom is 0.243 e. The summed E-state index contributed by atoms with van der Waals surface area (Å²) in [6, 6.07) is -4.29. The number of carbonyl (C=O) groups is 4. The van der Waals surface area contributed by atoms with Gasteiger partial charge in [-0.05, 0) is 58.2 Å². The molecule has 0 saturated heterocycles. The van der Waals surface area contributed by atoms with Crippen molar-refractivity contribution in [2.24, 2.45) is 45.9 Å². The third kappa shape index (κ3) is 17.5. The van der Waals surface area contributed by atoms with Crippen LogP contribution in [0.15, 0.2) is 0 Å². The number of nitrogens with two attached hydrogens (primary N) is 8. The fourth-order valence-corrected chi connectivity index (χ4v) is 3.56. The zero-order valence-corrected chi connectivity index (χ0v) is 23.2. The number of carbonyl (C=O) groups excluding carboxylic acids is 4. The minimum atomic E-state index is -1.20. The van der Waals surface area contributed by atoms with Gasteiger partial charge < -0.3 is 56.5 Å². The highest BCUT2D eigenvalue weighted by atomic mass is 32.1. The maximum absolute atomic E-state index is 13.2. The quantitative estimate of drug-likeness (QED) is 0.0231. The Morgan fingerprint density at radius 3 is 1.38 bits per heavy atom. The van der Waals surface area contributed by atoms with Gasteiger partial charge in [-0.3, -0.25) is 35.1 Å². The summed E-state index contributed by atoms with van der Waals surface area (Å²) in [7, 11) is 0. The molecule has 0 aromatic carbocycles. The molecule has 0 radical (unpaired) electrons. The second kappa shape index (κ2) is 21.0. The van der Waals surface area contributed by atoms with Crippen LogP contribution in [0.2, 0.25) is 0 Å². The van der Waals surface area contributed by atoms with E-state index in [0.29, 0.717) is 38.9 Å². The molecule has 17 nitrogen and oxygen atoms in total. The highest BCUT2D eigenvalue weighted by Crippen LogP contribution is 2.07. The van der Waals surface area contributed by atoms with Gasteiger partial charge in [0.15, 0.2) is 0 Å². The van der Waals surface area contributed by atoms with Gasteiger partial charge in [-0.1, -0.05) is 0 Å². The van der Waals surface area contributed by atoms with E-state index in [1.807, 2.05) is 0 Å². The molecule has 228 valence electrons. The zero-order valence-electron chi connectivity index (χ0n) is 22.3. The topological polar surface area (TPSA) is 337 Å². The number of thiol groups is 1. The van der Waals surface area contributed by atoms with Crippen molar-refractivity contribution in [2.75, 3.05) is 25.4 Å². The Morgan fingerprint density at radius 2 is 0.949 bits per heavy atom. The lowest BCUT2D eigenvalue weighted by Gasteiger charge is -2.24. The van der Waals surface area contributed by atoms with Gasteiger partial charge in [0.1, 0.15) is 24.9 Å². The summed E-state index contributed by atoms with van der Waals surface area (Å²) in [4.78, 5) is 51.5. The Morgan fingerprint density at radius 1 is 0.538 bits per heavy atom. The summed E-state index contributed by atoms with van der Waals surface area (Å²) in [5.41, 5.74) is 44.4. The van der Waals surface area contributed by atoms with E-state index >= 15 is 0 Å². The van der Waals surface area contributed by atoms with E-state index in [2.05, 4.69) is 39.2 Å². The molecule has 0 rings (SSSR count). The molecular weight excluding hydrogens is 530 g/mol. The minimum absolute atomic E-state index is 0.0558. The molecular formula is C21H49N13O4S. The van der Waals surface area contributed by atoms with Crippen molar-refractivity contribution in [1.82, 2.24) is 26.6 Å². The Hall–Kier alpha value is -1.81. The Labute approximate surface area is 234 Å². The molecule has 0 aliphatic carbocycles. The van der Waals surface area contributed by atoms with Crippen molar-refractivity contribution in [2.45, 2.75) is 81.6 Å². The number of hydrogen-bond donors (Lipinski definition) is 14. The molecule has 0 aromatic rings. The fraction of sp³-hybridized carbons (Fsp3) is 0.810. The first-order valence-electron chi connectivity index (χ1n) is 12.8. The first kappa shape index (κ1) is 37.2. The predicted octanol–water partition coefficient (Wildman–Crippen LogP) is -6.61. The van der Waals surface area contributed by atoms with Gasteiger partial charge >= 0.3 is 0 Å². The Balaban J connectivity index is 5.50. The lowest BCUT2D eigenvalue weighted by atomic mass is 9.96. The van der Waals surface area contributed by atoms with Gasteiger partial charge in [-0.25, -0.2) is 0 Å². The van der Waals surface area contributed by atoms with Crippen LogP contribution in [0.4, 0.5) is 0 Å². The second-order valence-electron chi connectivity index (χ2n) is 9.11. The summed E-state index contributed by atoms with van der Waals surface area (Å²) in [6.07, 6.45) is -0.581. The molecule has 0 spiro atoms. The third-order valence-corrected chi connectivity index (χ3v) is 5.94. The van der Waals surface area contributed by atoms with Crippen molar-refractivity contribution in [1.29, 1.82) is 0 Å². The van der Waals surface area contributed by atoms with E-state index in [-0.39, 0.29) is 25.0 Å². The molecule has 2 amide bonds. The third-order valence-electron chi connectivity index (χ3n) is 5.55. The van der Waals surface area contributed by atoms with Gasteiger partial charge in [-0.2, -0.15) is 12.6 Å².